The van der Waals surface area contributed by atoms with Crippen LogP contribution in [0.15, 0.2) is 24.3 Å². The van der Waals surface area contributed by atoms with Crippen LogP contribution in [0.2, 0.25) is 5.02 Å². The average molecular weight is 396 g/mol. The number of carbonyl (C=O) groups excluding carboxylic acids is 2. The van der Waals surface area contributed by atoms with Gasteiger partial charge in [0, 0.05) is 29.1 Å². The summed E-state index contributed by atoms with van der Waals surface area (Å²) in [5.41, 5.74) is 1.87. The Labute approximate surface area is 160 Å². The number of halogens is 1. The molecular weight excluding hydrogens is 378 g/mol. The summed E-state index contributed by atoms with van der Waals surface area (Å²) in [5.74, 6) is -0.0980. The Balaban J connectivity index is 1.76. The Hall–Kier alpha value is -1.70. The predicted octanol–water partition coefficient (Wildman–Crippen LogP) is 3.40. The summed E-state index contributed by atoms with van der Waals surface area (Å²) >= 11 is 12.5. The summed E-state index contributed by atoms with van der Waals surface area (Å²) in [6.45, 7) is 1.90. The van der Waals surface area contributed by atoms with Crippen LogP contribution in [0.25, 0.3) is 0 Å². The highest BCUT2D eigenvalue weighted by atomic mass is 35.5. The highest BCUT2D eigenvalue weighted by Crippen LogP contribution is 2.32. The van der Waals surface area contributed by atoms with Crippen molar-refractivity contribution in [2.24, 2.45) is 0 Å². The fourth-order valence-electron chi connectivity index (χ4n) is 3.12. The minimum absolute atomic E-state index is 0.0127. The molecule has 0 aliphatic carbocycles. The normalized spacial score (nSPS) is 20.1. The number of nitrogens with one attached hydrogen (secondary N) is 2. The van der Waals surface area contributed by atoms with Crippen LogP contribution in [0.3, 0.4) is 0 Å². The maximum Gasteiger partial charge on any atom is 0.225 e. The maximum absolute atomic E-state index is 12.5. The minimum atomic E-state index is -0.265. The van der Waals surface area contributed by atoms with Gasteiger partial charge in [0.05, 0.1) is 18.5 Å². The van der Waals surface area contributed by atoms with Gasteiger partial charge in [-0.3, -0.25) is 9.59 Å². The first-order valence-corrected chi connectivity index (χ1v) is 9.44. The molecule has 25 heavy (non-hydrogen) atoms. The van der Waals surface area contributed by atoms with Crippen molar-refractivity contribution in [3.05, 3.63) is 49.4 Å². The second-order valence-corrected chi connectivity index (χ2v) is 8.33. The van der Waals surface area contributed by atoms with Gasteiger partial charge < -0.3 is 15.2 Å². The molecule has 1 aromatic carbocycles. The fraction of sp³-hybridized carbons (Fsp3) is 0.353. The molecule has 2 N–H and O–H groups in total. The van der Waals surface area contributed by atoms with E-state index in [1.807, 2.05) is 19.1 Å². The van der Waals surface area contributed by atoms with Crippen LogP contribution < -0.4 is 5.32 Å². The lowest BCUT2D eigenvalue weighted by atomic mass is 10.00. The number of benzene rings is 1. The van der Waals surface area contributed by atoms with Gasteiger partial charge in [0.15, 0.2) is 3.95 Å². The molecule has 2 amide bonds. The molecule has 2 heterocycles. The van der Waals surface area contributed by atoms with Gasteiger partial charge in [0.2, 0.25) is 11.8 Å². The van der Waals surface area contributed by atoms with Crippen molar-refractivity contribution < 1.29 is 9.59 Å². The largest absolute Gasteiger partial charge is 0.350 e. The molecule has 1 aromatic heterocycles. The SMILES string of the molecule is Cc1[nH]c(=S)sc1CC(=O)N[C@H]1CC(=O)N(C)[C@@H]1c1ccc(Cl)cc1. The molecule has 1 fully saturated rings. The topological polar surface area (TPSA) is 65.2 Å². The zero-order valence-electron chi connectivity index (χ0n) is 13.8. The van der Waals surface area contributed by atoms with Crippen molar-refractivity contribution in [1.29, 1.82) is 0 Å². The zero-order chi connectivity index (χ0) is 18.1. The number of rotatable bonds is 4. The van der Waals surface area contributed by atoms with E-state index < -0.39 is 0 Å². The van der Waals surface area contributed by atoms with E-state index in [1.54, 1.807) is 24.1 Å². The average Bonchev–Trinajstić information content (AvgIpc) is 2.99. The lowest BCUT2D eigenvalue weighted by Gasteiger charge is -2.26. The van der Waals surface area contributed by atoms with E-state index in [0.717, 1.165) is 16.1 Å². The van der Waals surface area contributed by atoms with Crippen LogP contribution in [-0.2, 0) is 16.0 Å². The van der Waals surface area contributed by atoms with Gasteiger partial charge in [-0.1, -0.05) is 23.7 Å². The number of aromatic amines is 1. The van der Waals surface area contributed by atoms with Gasteiger partial charge in [-0.05, 0) is 36.8 Å². The molecule has 0 radical (unpaired) electrons. The molecule has 1 saturated heterocycles. The van der Waals surface area contributed by atoms with Crippen molar-refractivity contribution in [1.82, 2.24) is 15.2 Å². The maximum atomic E-state index is 12.5. The van der Waals surface area contributed by atoms with E-state index in [2.05, 4.69) is 10.3 Å². The van der Waals surface area contributed by atoms with Crippen LogP contribution in [-0.4, -0.2) is 34.8 Å². The second-order valence-electron chi connectivity index (χ2n) is 6.12. The van der Waals surface area contributed by atoms with Crippen LogP contribution in [0.4, 0.5) is 0 Å². The summed E-state index contributed by atoms with van der Waals surface area (Å²) in [4.78, 5) is 30.3. The molecule has 8 heteroatoms. The number of hydrogen-bond donors (Lipinski definition) is 2. The summed E-state index contributed by atoms with van der Waals surface area (Å²) < 4.78 is 0.662. The van der Waals surface area contributed by atoms with Crippen molar-refractivity contribution in [3.63, 3.8) is 0 Å². The quantitative estimate of drug-likeness (QED) is 0.780. The number of thiazole rings is 1. The molecule has 3 rings (SSSR count). The number of likely N-dealkylation sites (tertiary alicyclic amines) is 1. The number of H-pyrrole nitrogens is 1. The monoisotopic (exact) mass is 395 g/mol. The van der Waals surface area contributed by atoms with Crippen molar-refractivity contribution in [2.45, 2.75) is 31.8 Å². The van der Waals surface area contributed by atoms with Gasteiger partial charge in [-0.15, -0.1) is 11.3 Å². The first kappa shape index (κ1) is 18.1. The number of hydrogen-bond acceptors (Lipinski definition) is 4. The molecule has 132 valence electrons. The minimum Gasteiger partial charge on any atom is -0.350 e. The number of carbonyl (C=O) groups is 2. The van der Waals surface area contributed by atoms with E-state index in [1.165, 1.54) is 11.3 Å². The van der Waals surface area contributed by atoms with E-state index in [-0.39, 0.29) is 36.7 Å². The Bertz CT molecular complexity index is 860. The molecule has 0 saturated carbocycles. The van der Waals surface area contributed by atoms with Gasteiger partial charge >= 0.3 is 0 Å². The third-order valence-electron chi connectivity index (χ3n) is 4.39. The van der Waals surface area contributed by atoms with Crippen LogP contribution in [0.1, 0.15) is 28.6 Å². The Kier molecular flexibility index (Phi) is 5.27. The number of aryl methyl sites for hydroxylation is 1. The number of aromatic nitrogens is 1. The number of likely N-dealkylation sites (N-methyl/N-ethyl adjacent to an activating group) is 1. The number of amides is 2. The van der Waals surface area contributed by atoms with Crippen LogP contribution in [0, 0.1) is 10.9 Å². The molecular formula is C17H18ClN3O2S2. The standard InChI is InChI=1S/C17H18ClN3O2S2/c1-9-13(25-17(24)19-9)8-14(22)20-12-7-15(23)21(2)16(12)10-3-5-11(18)6-4-10/h3-6,12,16H,7-8H2,1-2H3,(H,19,24)(H,20,22)/t12-,16+/m0/s1. The smallest absolute Gasteiger partial charge is 0.225 e. The third kappa shape index (κ3) is 3.94. The third-order valence-corrected chi connectivity index (χ3v) is 5.98. The molecule has 0 unspecified atom stereocenters. The highest BCUT2D eigenvalue weighted by molar-refractivity contribution is 7.73. The lowest BCUT2D eigenvalue weighted by molar-refractivity contribution is -0.127. The fourth-order valence-corrected chi connectivity index (χ4v) is 4.54. The van der Waals surface area contributed by atoms with E-state index >= 15 is 0 Å². The molecule has 0 spiro atoms. The first-order valence-electron chi connectivity index (χ1n) is 7.84. The molecule has 1 aliphatic rings. The Morgan fingerprint density at radius 1 is 1.44 bits per heavy atom. The van der Waals surface area contributed by atoms with Crippen molar-refractivity contribution >= 4 is 47.0 Å². The zero-order valence-corrected chi connectivity index (χ0v) is 16.2. The van der Waals surface area contributed by atoms with Gasteiger partial charge in [0.1, 0.15) is 0 Å². The van der Waals surface area contributed by atoms with Crippen LogP contribution in [0.5, 0.6) is 0 Å². The van der Waals surface area contributed by atoms with Crippen molar-refractivity contribution in [2.75, 3.05) is 7.05 Å². The summed E-state index contributed by atoms with van der Waals surface area (Å²) in [6, 6.07) is 6.91. The lowest BCUT2D eigenvalue weighted by Crippen LogP contribution is -2.39. The molecule has 2 atom stereocenters. The molecule has 1 aliphatic heterocycles. The van der Waals surface area contributed by atoms with Gasteiger partial charge in [-0.2, -0.15) is 0 Å². The molecule has 0 bridgehead atoms. The van der Waals surface area contributed by atoms with E-state index in [4.69, 9.17) is 23.8 Å². The van der Waals surface area contributed by atoms with Gasteiger partial charge in [0.25, 0.3) is 0 Å². The van der Waals surface area contributed by atoms with Crippen LogP contribution >= 0.6 is 35.2 Å². The number of nitrogens with zero attached hydrogens (tertiary/aromatic N) is 1. The Morgan fingerprint density at radius 3 is 2.72 bits per heavy atom. The first-order chi connectivity index (χ1) is 11.8. The van der Waals surface area contributed by atoms with Crippen molar-refractivity contribution in [3.8, 4) is 0 Å². The summed E-state index contributed by atoms with van der Waals surface area (Å²) in [7, 11) is 1.76. The summed E-state index contributed by atoms with van der Waals surface area (Å²) in [6.07, 6.45) is 0.544. The van der Waals surface area contributed by atoms with E-state index in [9.17, 15) is 9.59 Å². The van der Waals surface area contributed by atoms with Gasteiger partial charge in [-0.25, -0.2) is 0 Å². The van der Waals surface area contributed by atoms with E-state index in [0.29, 0.717) is 8.98 Å². The highest BCUT2D eigenvalue weighted by Gasteiger charge is 2.39. The summed E-state index contributed by atoms with van der Waals surface area (Å²) in [5, 5.41) is 3.65. The second kappa shape index (κ2) is 7.27. The predicted molar refractivity (Wildman–Crippen MR) is 101 cm³/mol. The molecule has 5 nitrogen and oxygen atoms in total. The Morgan fingerprint density at radius 2 is 2.12 bits per heavy atom. The molecule has 2 aromatic rings.